The number of methoxy groups -OCH3 is 2. The maximum absolute atomic E-state index is 14.7. The molecular formula is C41H48N6O6. The van der Waals surface area contributed by atoms with Crippen molar-refractivity contribution in [2.45, 2.75) is 65.5 Å². The molecule has 1 unspecified atom stereocenters. The standard InChI is InChI=1S/C41H48N6O6/c1-6-8-18-45(19-9-7-2)41(51)35-20-26(3)47(44-35)36-16-14-29(42-39(49)34-23-31-33(43-34)15-17-37(52-4)38(31)53-5)22-32(36)40(50)46-24-28-13-11-10-12-27(28)21-30(46)25-48/h10-17,20,22-23,30,43,48H,6-9,18-19,21,24-25H2,1-5H3,(H,42,49). The van der Waals surface area contributed by atoms with Gasteiger partial charge < -0.3 is 34.7 Å². The second kappa shape index (κ2) is 16.4. The Bertz CT molecular complexity index is 2110. The molecule has 3 amide bonds. The number of rotatable bonds is 14. The average Bonchev–Trinajstić information content (AvgIpc) is 3.80. The number of hydrogen-bond donors (Lipinski definition) is 3. The van der Waals surface area contributed by atoms with E-state index in [9.17, 15) is 19.5 Å². The van der Waals surface area contributed by atoms with Crippen LogP contribution >= 0.6 is 0 Å². The van der Waals surface area contributed by atoms with E-state index in [4.69, 9.17) is 14.6 Å². The molecule has 0 aliphatic carbocycles. The Morgan fingerprint density at radius 2 is 1.70 bits per heavy atom. The van der Waals surface area contributed by atoms with Crippen LogP contribution in [0.2, 0.25) is 0 Å². The molecule has 3 heterocycles. The molecule has 0 bridgehead atoms. The van der Waals surface area contributed by atoms with E-state index in [-0.39, 0.29) is 24.0 Å². The number of H-pyrrole nitrogens is 1. The average molecular weight is 721 g/mol. The van der Waals surface area contributed by atoms with Gasteiger partial charge in [-0.3, -0.25) is 14.4 Å². The number of aryl methyl sites for hydroxylation is 1. The highest BCUT2D eigenvalue weighted by Gasteiger charge is 2.32. The van der Waals surface area contributed by atoms with E-state index in [1.807, 2.05) is 42.2 Å². The number of aliphatic hydroxyl groups is 1. The lowest BCUT2D eigenvalue weighted by Crippen LogP contribution is -2.46. The smallest absolute Gasteiger partial charge is 0.274 e. The molecule has 0 fully saturated rings. The normalized spacial score (nSPS) is 13.8. The van der Waals surface area contributed by atoms with Gasteiger partial charge in [0.2, 0.25) is 0 Å². The molecule has 1 atom stereocenters. The molecule has 278 valence electrons. The van der Waals surface area contributed by atoms with Crippen LogP contribution in [0.5, 0.6) is 11.5 Å². The van der Waals surface area contributed by atoms with Crippen LogP contribution in [0.15, 0.2) is 66.7 Å². The minimum absolute atomic E-state index is 0.147. The third-order valence-corrected chi connectivity index (χ3v) is 9.88. The second-order valence-electron chi connectivity index (χ2n) is 13.5. The highest BCUT2D eigenvalue weighted by Crippen LogP contribution is 2.36. The van der Waals surface area contributed by atoms with Crippen molar-refractivity contribution in [3.63, 3.8) is 0 Å². The molecule has 1 aliphatic rings. The number of aromatic nitrogens is 3. The summed E-state index contributed by atoms with van der Waals surface area (Å²) >= 11 is 0. The monoisotopic (exact) mass is 720 g/mol. The molecule has 0 saturated heterocycles. The van der Waals surface area contributed by atoms with E-state index in [0.29, 0.717) is 76.9 Å². The van der Waals surface area contributed by atoms with Gasteiger partial charge in [0, 0.05) is 36.4 Å². The molecule has 0 spiro atoms. The molecule has 0 saturated carbocycles. The first kappa shape index (κ1) is 37.1. The Kier molecular flexibility index (Phi) is 11.5. The van der Waals surface area contributed by atoms with Gasteiger partial charge in [-0.15, -0.1) is 0 Å². The molecule has 2 aromatic heterocycles. The van der Waals surface area contributed by atoms with Crippen molar-refractivity contribution in [2.24, 2.45) is 0 Å². The number of nitrogens with one attached hydrogen (secondary N) is 2. The third kappa shape index (κ3) is 7.64. The van der Waals surface area contributed by atoms with Gasteiger partial charge in [0.1, 0.15) is 5.69 Å². The first-order valence-electron chi connectivity index (χ1n) is 18.2. The first-order valence-corrected chi connectivity index (χ1v) is 18.2. The van der Waals surface area contributed by atoms with E-state index in [0.717, 1.165) is 36.8 Å². The van der Waals surface area contributed by atoms with Gasteiger partial charge in [0.05, 0.1) is 43.6 Å². The lowest BCUT2D eigenvalue weighted by atomic mass is 9.93. The summed E-state index contributed by atoms with van der Waals surface area (Å²) in [4.78, 5) is 48.8. The number of carbonyl (C=O) groups excluding carboxylic acids is 3. The molecule has 3 N–H and O–H groups in total. The van der Waals surface area contributed by atoms with Gasteiger partial charge >= 0.3 is 0 Å². The zero-order valence-electron chi connectivity index (χ0n) is 31.1. The number of amides is 3. The lowest BCUT2D eigenvalue weighted by molar-refractivity contribution is 0.0544. The molecular weight excluding hydrogens is 672 g/mol. The first-order chi connectivity index (χ1) is 25.7. The summed E-state index contributed by atoms with van der Waals surface area (Å²) in [5, 5.41) is 18.8. The van der Waals surface area contributed by atoms with Gasteiger partial charge in [-0.05, 0) is 79.8 Å². The van der Waals surface area contributed by atoms with E-state index in [1.54, 1.807) is 60.2 Å². The van der Waals surface area contributed by atoms with Gasteiger partial charge in [-0.1, -0.05) is 51.0 Å². The van der Waals surface area contributed by atoms with Gasteiger partial charge in [0.15, 0.2) is 17.2 Å². The molecule has 6 rings (SSSR count). The van der Waals surface area contributed by atoms with E-state index in [1.165, 1.54) is 0 Å². The summed E-state index contributed by atoms with van der Waals surface area (Å²) in [5.41, 5.74) is 5.16. The number of ether oxygens (including phenoxy) is 2. The molecule has 1 aliphatic heterocycles. The molecule has 12 heteroatoms. The third-order valence-electron chi connectivity index (χ3n) is 9.88. The van der Waals surface area contributed by atoms with Gasteiger partial charge in [-0.2, -0.15) is 5.10 Å². The fourth-order valence-electron chi connectivity index (χ4n) is 6.96. The van der Waals surface area contributed by atoms with Crippen molar-refractivity contribution in [3.05, 3.63) is 101 Å². The fraction of sp³-hybridized carbons (Fsp3) is 0.366. The SMILES string of the molecule is CCCCN(CCCC)C(=O)c1cc(C)n(-c2ccc(NC(=O)c3cc4c(OC)c(OC)ccc4[nH]3)cc2C(=O)N2Cc3ccccc3CC2CO)n1. The summed E-state index contributed by atoms with van der Waals surface area (Å²) in [6, 6.07) is 19.5. The minimum Gasteiger partial charge on any atom is -0.493 e. The van der Waals surface area contributed by atoms with Gasteiger partial charge in [0.25, 0.3) is 17.7 Å². The Balaban J connectivity index is 1.38. The number of aromatic amines is 1. The summed E-state index contributed by atoms with van der Waals surface area (Å²) in [5.74, 6) is 0.148. The van der Waals surface area contributed by atoms with Crippen molar-refractivity contribution in [1.29, 1.82) is 0 Å². The minimum atomic E-state index is -0.455. The van der Waals surface area contributed by atoms with Crippen molar-refractivity contribution >= 4 is 34.3 Å². The molecule has 0 radical (unpaired) electrons. The van der Waals surface area contributed by atoms with Crippen LogP contribution < -0.4 is 14.8 Å². The van der Waals surface area contributed by atoms with E-state index < -0.39 is 11.9 Å². The van der Waals surface area contributed by atoms with E-state index in [2.05, 4.69) is 24.1 Å². The van der Waals surface area contributed by atoms with Crippen LogP contribution in [0.3, 0.4) is 0 Å². The van der Waals surface area contributed by atoms with Crippen LogP contribution in [0.1, 0.15) is 87.7 Å². The predicted octanol–water partition coefficient (Wildman–Crippen LogP) is 6.53. The quantitative estimate of drug-likeness (QED) is 0.118. The maximum Gasteiger partial charge on any atom is 0.274 e. The summed E-state index contributed by atoms with van der Waals surface area (Å²) < 4.78 is 12.6. The van der Waals surface area contributed by atoms with Crippen molar-refractivity contribution in [3.8, 4) is 17.2 Å². The number of aliphatic hydroxyl groups excluding tert-OH is 1. The Morgan fingerprint density at radius 3 is 2.38 bits per heavy atom. The van der Waals surface area contributed by atoms with Crippen molar-refractivity contribution in [2.75, 3.05) is 39.2 Å². The molecule has 3 aromatic carbocycles. The zero-order valence-corrected chi connectivity index (χ0v) is 31.1. The van der Waals surface area contributed by atoms with Crippen LogP contribution in [0.4, 0.5) is 5.69 Å². The second-order valence-corrected chi connectivity index (χ2v) is 13.5. The summed E-state index contributed by atoms with van der Waals surface area (Å²) in [6.45, 7) is 7.44. The number of benzene rings is 3. The zero-order chi connectivity index (χ0) is 37.6. The van der Waals surface area contributed by atoms with E-state index >= 15 is 0 Å². The topological polar surface area (TPSA) is 142 Å². The van der Waals surface area contributed by atoms with Crippen LogP contribution in [0, 0.1) is 6.92 Å². The van der Waals surface area contributed by atoms with Crippen LogP contribution in [-0.4, -0.2) is 87.4 Å². The molecule has 5 aromatic rings. The summed E-state index contributed by atoms with van der Waals surface area (Å²) in [7, 11) is 3.10. The molecule has 53 heavy (non-hydrogen) atoms. The van der Waals surface area contributed by atoms with Crippen molar-refractivity contribution in [1.82, 2.24) is 24.6 Å². The van der Waals surface area contributed by atoms with Gasteiger partial charge in [-0.25, -0.2) is 4.68 Å². The highest BCUT2D eigenvalue weighted by atomic mass is 16.5. The number of hydrogen-bond acceptors (Lipinski definition) is 7. The predicted molar refractivity (Wildman–Crippen MR) is 204 cm³/mol. The number of fused-ring (bicyclic) bond motifs is 2. The number of carbonyl (C=O) groups is 3. The number of nitrogens with zero attached hydrogens (tertiary/aromatic N) is 4. The Morgan fingerprint density at radius 1 is 0.962 bits per heavy atom. The van der Waals surface area contributed by atoms with Crippen LogP contribution in [0.25, 0.3) is 16.6 Å². The highest BCUT2D eigenvalue weighted by molar-refractivity contribution is 6.08. The van der Waals surface area contributed by atoms with Crippen molar-refractivity contribution < 1.29 is 29.0 Å². The fourth-order valence-corrected chi connectivity index (χ4v) is 6.96. The number of anilines is 1. The largest absolute Gasteiger partial charge is 0.493 e. The summed E-state index contributed by atoms with van der Waals surface area (Å²) in [6.07, 6.45) is 4.23. The Hall–Kier alpha value is -5.62. The van der Waals surface area contributed by atoms with Crippen LogP contribution in [-0.2, 0) is 13.0 Å². The molecule has 12 nitrogen and oxygen atoms in total. The lowest BCUT2D eigenvalue weighted by Gasteiger charge is -2.36. The maximum atomic E-state index is 14.7. The Labute approximate surface area is 309 Å². The number of unbranched alkanes of at least 4 members (excludes halogenated alkanes) is 2.